The highest BCUT2D eigenvalue weighted by atomic mass is 32.2. The molecule has 0 aliphatic carbocycles. The summed E-state index contributed by atoms with van der Waals surface area (Å²) in [6.07, 6.45) is 0.678. The van der Waals surface area contributed by atoms with Gasteiger partial charge in [-0.1, -0.05) is 18.2 Å². The van der Waals surface area contributed by atoms with Gasteiger partial charge in [-0.2, -0.15) is 0 Å². The molecule has 0 bridgehead atoms. The van der Waals surface area contributed by atoms with Gasteiger partial charge in [-0.05, 0) is 68.7 Å². The maximum Gasteiger partial charge on any atom is 0.235 e. The van der Waals surface area contributed by atoms with Crippen molar-refractivity contribution in [1.29, 1.82) is 0 Å². The summed E-state index contributed by atoms with van der Waals surface area (Å²) in [5.74, 6) is -1.35. The molecule has 1 aromatic heterocycles. The van der Waals surface area contributed by atoms with Gasteiger partial charge in [0.1, 0.15) is 16.4 Å². The van der Waals surface area contributed by atoms with Crippen LogP contribution < -0.4 is 10.0 Å². The summed E-state index contributed by atoms with van der Waals surface area (Å²) in [5, 5.41) is 12.4. The highest BCUT2D eigenvalue weighted by Gasteiger charge is 2.31. The molecule has 3 aromatic rings. The Bertz CT molecular complexity index is 1070. The van der Waals surface area contributed by atoms with Crippen LogP contribution in [0.4, 0.5) is 14.5 Å². The number of methoxy groups -OCH3 is 1. The first kappa shape index (κ1) is 26.1. The smallest absolute Gasteiger partial charge is 0.235 e. The molecular weight excluding hydrogens is 460 g/mol. The third kappa shape index (κ3) is 6.97. The van der Waals surface area contributed by atoms with Gasteiger partial charge in [0.15, 0.2) is 0 Å². The molecular formula is C25H29F2N3O3S. The predicted octanol–water partition coefficient (Wildman–Crippen LogP) is 4.70. The SMILES string of the molecule is COC(O)Nc1ccc(-c2cccnc2[C@H](Cc2cc(F)cc(F)c2)N[S+]([O-])C(C)(C)C)cc1. The molecule has 0 fully saturated rings. The monoisotopic (exact) mass is 489 g/mol. The Kier molecular flexibility index (Phi) is 8.62. The number of nitrogens with zero attached hydrogens (tertiary/aromatic N) is 1. The fraction of sp³-hybridized carbons (Fsp3) is 0.320. The number of aliphatic hydroxyl groups excluding tert-OH is 1. The lowest BCUT2D eigenvalue weighted by Crippen LogP contribution is -2.42. The van der Waals surface area contributed by atoms with Crippen LogP contribution in [0.15, 0.2) is 60.8 Å². The average molecular weight is 490 g/mol. The summed E-state index contributed by atoms with van der Waals surface area (Å²) in [7, 11) is 1.38. The molecule has 0 aliphatic heterocycles. The van der Waals surface area contributed by atoms with Crippen molar-refractivity contribution in [3.05, 3.63) is 83.7 Å². The number of benzene rings is 2. The normalized spacial score (nSPS) is 14.5. The molecule has 1 heterocycles. The summed E-state index contributed by atoms with van der Waals surface area (Å²) in [6.45, 7) is 5.53. The van der Waals surface area contributed by atoms with Crippen molar-refractivity contribution in [3.63, 3.8) is 0 Å². The molecule has 3 atom stereocenters. The van der Waals surface area contributed by atoms with Crippen LogP contribution in [-0.4, -0.2) is 32.9 Å². The van der Waals surface area contributed by atoms with Crippen LogP contribution in [0.2, 0.25) is 0 Å². The molecule has 3 N–H and O–H groups in total. The summed E-state index contributed by atoms with van der Waals surface area (Å²) in [6, 6.07) is 13.7. The van der Waals surface area contributed by atoms with Crippen molar-refractivity contribution < 1.29 is 23.2 Å². The van der Waals surface area contributed by atoms with Gasteiger partial charge >= 0.3 is 0 Å². The van der Waals surface area contributed by atoms with Gasteiger partial charge in [0.2, 0.25) is 6.41 Å². The standard InChI is InChI=1S/C25H29F2N3O3S/c1-25(2,3)34(32)30-22(14-16-12-18(26)15-19(27)13-16)23-21(6-5-11-28-23)17-7-9-20(10-8-17)29-24(31)33-4/h5-13,15,22,24,29-31H,14H2,1-4H3/t22-,24?,34?/m0/s1. The van der Waals surface area contributed by atoms with Crippen molar-refractivity contribution in [3.8, 4) is 11.1 Å². The third-order valence-electron chi connectivity index (χ3n) is 5.05. The molecule has 0 spiro atoms. The zero-order valence-electron chi connectivity index (χ0n) is 19.5. The Morgan fingerprint density at radius 2 is 1.74 bits per heavy atom. The van der Waals surface area contributed by atoms with Crippen LogP contribution in [0.25, 0.3) is 11.1 Å². The first-order chi connectivity index (χ1) is 16.1. The van der Waals surface area contributed by atoms with E-state index in [1.807, 2.05) is 39.0 Å². The van der Waals surface area contributed by atoms with E-state index in [4.69, 9.17) is 4.74 Å². The van der Waals surface area contributed by atoms with Crippen molar-refractivity contribution in [2.45, 2.75) is 44.4 Å². The maximum atomic E-state index is 13.9. The second-order valence-corrected chi connectivity index (χ2v) is 10.8. The molecule has 2 aromatic carbocycles. The van der Waals surface area contributed by atoms with E-state index in [0.29, 0.717) is 16.9 Å². The molecule has 6 nitrogen and oxygen atoms in total. The Balaban J connectivity index is 1.99. The highest BCUT2D eigenvalue weighted by molar-refractivity contribution is 7.90. The number of pyridine rings is 1. The lowest BCUT2D eigenvalue weighted by atomic mass is 9.96. The molecule has 9 heteroatoms. The van der Waals surface area contributed by atoms with Gasteiger partial charge in [-0.25, -0.2) is 8.78 Å². The molecule has 182 valence electrons. The molecule has 0 saturated heterocycles. The van der Waals surface area contributed by atoms with Crippen molar-refractivity contribution in [1.82, 2.24) is 9.71 Å². The molecule has 34 heavy (non-hydrogen) atoms. The summed E-state index contributed by atoms with van der Waals surface area (Å²) in [4.78, 5) is 4.56. The number of aromatic nitrogens is 1. The van der Waals surface area contributed by atoms with Gasteiger partial charge in [0.25, 0.3) is 0 Å². The van der Waals surface area contributed by atoms with Crippen LogP contribution in [-0.2, 0) is 22.5 Å². The average Bonchev–Trinajstić information content (AvgIpc) is 2.77. The van der Waals surface area contributed by atoms with Gasteiger partial charge < -0.3 is 19.7 Å². The van der Waals surface area contributed by atoms with Crippen LogP contribution in [0, 0.1) is 11.6 Å². The number of hydrogen-bond donors (Lipinski definition) is 3. The number of hydrogen-bond acceptors (Lipinski definition) is 6. The highest BCUT2D eigenvalue weighted by Crippen LogP contribution is 2.31. The predicted molar refractivity (Wildman–Crippen MR) is 130 cm³/mol. The van der Waals surface area contributed by atoms with E-state index >= 15 is 0 Å². The van der Waals surface area contributed by atoms with E-state index in [1.165, 1.54) is 19.2 Å². The minimum atomic E-state index is -1.46. The summed E-state index contributed by atoms with van der Waals surface area (Å²) in [5.41, 5.74) is 3.29. The van der Waals surface area contributed by atoms with E-state index in [0.717, 1.165) is 17.2 Å². The number of ether oxygens (including phenoxy) is 1. The van der Waals surface area contributed by atoms with E-state index in [2.05, 4.69) is 15.0 Å². The first-order valence-electron chi connectivity index (χ1n) is 10.7. The van der Waals surface area contributed by atoms with Crippen LogP contribution >= 0.6 is 0 Å². The molecule has 2 unspecified atom stereocenters. The van der Waals surface area contributed by atoms with Crippen molar-refractivity contribution >= 4 is 17.0 Å². The number of halogens is 2. The Labute approximate surface area is 201 Å². The lowest BCUT2D eigenvalue weighted by Gasteiger charge is -2.28. The fourth-order valence-electron chi connectivity index (χ4n) is 3.35. The minimum Gasteiger partial charge on any atom is -0.598 e. The Morgan fingerprint density at radius 1 is 1.09 bits per heavy atom. The fourth-order valence-corrected chi connectivity index (χ4v) is 4.16. The molecule has 3 rings (SSSR count). The van der Waals surface area contributed by atoms with E-state index < -0.39 is 40.2 Å². The lowest BCUT2D eigenvalue weighted by molar-refractivity contribution is -0.0509. The van der Waals surface area contributed by atoms with Gasteiger partial charge in [-0.15, -0.1) is 4.72 Å². The molecule has 0 amide bonds. The van der Waals surface area contributed by atoms with Crippen molar-refractivity contribution in [2.75, 3.05) is 12.4 Å². The quantitative estimate of drug-likeness (QED) is 0.298. The number of aliphatic hydroxyl groups is 1. The van der Waals surface area contributed by atoms with E-state index in [1.54, 1.807) is 24.4 Å². The number of nitrogens with one attached hydrogen (secondary N) is 2. The topological polar surface area (TPSA) is 89.5 Å². The zero-order valence-corrected chi connectivity index (χ0v) is 20.3. The maximum absolute atomic E-state index is 13.9. The van der Waals surface area contributed by atoms with Crippen molar-refractivity contribution in [2.24, 2.45) is 0 Å². The largest absolute Gasteiger partial charge is 0.598 e. The van der Waals surface area contributed by atoms with Gasteiger partial charge in [-0.3, -0.25) is 4.98 Å². The minimum absolute atomic E-state index is 0.181. The third-order valence-corrected chi connectivity index (χ3v) is 6.66. The Hall–Kier alpha value is -2.56. The first-order valence-corrected chi connectivity index (χ1v) is 11.9. The number of rotatable bonds is 9. The second kappa shape index (κ2) is 11.2. The van der Waals surface area contributed by atoms with Crippen LogP contribution in [0.5, 0.6) is 0 Å². The van der Waals surface area contributed by atoms with E-state index in [9.17, 15) is 18.4 Å². The molecule has 0 saturated carbocycles. The Morgan fingerprint density at radius 3 is 2.32 bits per heavy atom. The zero-order chi connectivity index (χ0) is 24.9. The van der Waals surface area contributed by atoms with E-state index in [-0.39, 0.29) is 6.42 Å². The molecule has 0 aliphatic rings. The van der Waals surface area contributed by atoms with Gasteiger partial charge in [0.05, 0.1) is 11.7 Å². The van der Waals surface area contributed by atoms with Crippen LogP contribution in [0.1, 0.15) is 38.1 Å². The van der Waals surface area contributed by atoms with Gasteiger partial charge in [0, 0.05) is 42.0 Å². The number of anilines is 1. The van der Waals surface area contributed by atoms with Crippen LogP contribution in [0.3, 0.4) is 0 Å². The molecule has 0 radical (unpaired) electrons. The summed E-state index contributed by atoms with van der Waals surface area (Å²) >= 11 is -1.46. The second-order valence-electron chi connectivity index (χ2n) is 8.78. The summed E-state index contributed by atoms with van der Waals surface area (Å²) < 4.78 is 48.1.